The number of nitrogens with one attached hydrogen (secondary N) is 1. The predicted octanol–water partition coefficient (Wildman–Crippen LogP) is -2.09. The van der Waals surface area contributed by atoms with Gasteiger partial charge in [0, 0.05) is 7.11 Å². The Hall–Kier alpha value is -1.18. The van der Waals surface area contributed by atoms with Gasteiger partial charge in [0.1, 0.15) is 12.1 Å². The Morgan fingerprint density at radius 3 is 2.40 bits per heavy atom. The minimum Gasteiger partial charge on any atom is -0.480 e. The van der Waals surface area contributed by atoms with Gasteiger partial charge in [-0.1, -0.05) is 0 Å². The van der Waals surface area contributed by atoms with Gasteiger partial charge >= 0.3 is 5.97 Å². The second-order valence-corrected chi connectivity index (χ2v) is 3.05. The molecular formula is C8H16N2O5. The predicted molar refractivity (Wildman–Crippen MR) is 51.1 cm³/mol. The molecule has 88 valence electrons. The van der Waals surface area contributed by atoms with Crippen molar-refractivity contribution in [1.82, 2.24) is 5.32 Å². The van der Waals surface area contributed by atoms with Gasteiger partial charge in [-0.3, -0.25) is 4.79 Å². The molecule has 0 aromatic rings. The summed E-state index contributed by atoms with van der Waals surface area (Å²) in [5.74, 6) is -1.99. The molecule has 0 bridgehead atoms. The number of hydrogen-bond donors (Lipinski definition) is 4. The third-order valence-electron chi connectivity index (χ3n) is 1.98. The third kappa shape index (κ3) is 4.24. The monoisotopic (exact) mass is 220 g/mol. The Bertz CT molecular complexity index is 233. The molecule has 0 aliphatic rings. The molecule has 0 aliphatic heterocycles. The van der Waals surface area contributed by atoms with E-state index in [0.29, 0.717) is 0 Å². The van der Waals surface area contributed by atoms with Crippen LogP contribution in [0.2, 0.25) is 0 Å². The largest absolute Gasteiger partial charge is 0.480 e. The molecule has 0 unspecified atom stereocenters. The number of aliphatic carboxylic acids is 1. The minimum atomic E-state index is -1.34. The van der Waals surface area contributed by atoms with E-state index in [1.165, 1.54) is 7.11 Å². The van der Waals surface area contributed by atoms with Gasteiger partial charge in [-0.15, -0.1) is 0 Å². The fourth-order valence-electron chi connectivity index (χ4n) is 0.813. The maximum atomic E-state index is 11.3. The molecule has 0 rings (SSSR count). The lowest BCUT2D eigenvalue weighted by atomic mass is 10.1. The topological polar surface area (TPSA) is 122 Å². The highest BCUT2D eigenvalue weighted by atomic mass is 16.5. The number of aliphatic hydroxyl groups is 1. The molecule has 0 spiro atoms. The Kier molecular flexibility index (Phi) is 5.83. The van der Waals surface area contributed by atoms with Crippen LogP contribution in [0, 0.1) is 0 Å². The zero-order valence-corrected chi connectivity index (χ0v) is 8.64. The van der Waals surface area contributed by atoms with Gasteiger partial charge in [-0.05, 0) is 6.92 Å². The van der Waals surface area contributed by atoms with E-state index in [0.717, 1.165) is 0 Å². The fourth-order valence-corrected chi connectivity index (χ4v) is 0.813. The molecule has 15 heavy (non-hydrogen) atoms. The first-order valence-corrected chi connectivity index (χ1v) is 4.36. The van der Waals surface area contributed by atoms with E-state index >= 15 is 0 Å². The van der Waals surface area contributed by atoms with Crippen LogP contribution in [0.1, 0.15) is 6.92 Å². The highest BCUT2D eigenvalue weighted by Crippen LogP contribution is 1.95. The summed E-state index contributed by atoms with van der Waals surface area (Å²) >= 11 is 0. The number of carboxylic acid groups (broad SMARTS) is 1. The summed E-state index contributed by atoms with van der Waals surface area (Å²) < 4.78 is 4.81. The van der Waals surface area contributed by atoms with Crippen LogP contribution in [-0.2, 0) is 14.3 Å². The van der Waals surface area contributed by atoms with Crippen molar-refractivity contribution in [3.63, 3.8) is 0 Å². The Morgan fingerprint density at radius 2 is 2.07 bits per heavy atom. The van der Waals surface area contributed by atoms with Crippen molar-refractivity contribution >= 4 is 11.9 Å². The maximum Gasteiger partial charge on any atom is 0.328 e. The minimum absolute atomic E-state index is 0.530. The second-order valence-electron chi connectivity index (χ2n) is 3.05. The van der Waals surface area contributed by atoms with Gasteiger partial charge in [0.25, 0.3) is 0 Å². The van der Waals surface area contributed by atoms with Gasteiger partial charge in [-0.2, -0.15) is 0 Å². The van der Waals surface area contributed by atoms with Crippen LogP contribution in [0.15, 0.2) is 0 Å². The average molecular weight is 220 g/mol. The van der Waals surface area contributed by atoms with Gasteiger partial charge < -0.3 is 26.0 Å². The van der Waals surface area contributed by atoms with Gasteiger partial charge in [-0.25, -0.2) is 4.79 Å². The molecule has 0 saturated heterocycles. The first kappa shape index (κ1) is 13.8. The summed E-state index contributed by atoms with van der Waals surface area (Å²) in [6.45, 7) is 0.897. The summed E-state index contributed by atoms with van der Waals surface area (Å²) in [4.78, 5) is 21.8. The number of ether oxygens (including phenoxy) is 1. The van der Waals surface area contributed by atoms with Crippen molar-refractivity contribution in [2.24, 2.45) is 5.73 Å². The first-order valence-electron chi connectivity index (χ1n) is 4.36. The number of hydrogen-bond acceptors (Lipinski definition) is 5. The van der Waals surface area contributed by atoms with Gasteiger partial charge in [0.2, 0.25) is 5.91 Å². The van der Waals surface area contributed by atoms with Crippen molar-refractivity contribution < 1.29 is 24.5 Å². The quantitative estimate of drug-likeness (QED) is 0.407. The number of methoxy groups -OCH3 is 1. The first-order chi connectivity index (χ1) is 6.93. The SMILES string of the molecule is CO[C@H](C)[C@H](N)C(=O)N[C@@H](CO)C(=O)O. The number of aliphatic hydroxyl groups excluding tert-OH is 1. The van der Waals surface area contributed by atoms with Crippen LogP contribution in [-0.4, -0.2) is 54.0 Å². The molecule has 0 fully saturated rings. The lowest BCUT2D eigenvalue weighted by Crippen LogP contribution is -2.53. The van der Waals surface area contributed by atoms with E-state index in [4.69, 9.17) is 20.7 Å². The van der Waals surface area contributed by atoms with Crippen LogP contribution in [0.5, 0.6) is 0 Å². The Labute approximate surface area is 87.2 Å². The number of carbonyl (C=O) groups excluding carboxylic acids is 1. The molecule has 0 radical (unpaired) electrons. The summed E-state index contributed by atoms with van der Waals surface area (Å²) in [5.41, 5.74) is 5.46. The molecule has 5 N–H and O–H groups in total. The molecule has 0 heterocycles. The summed E-state index contributed by atoms with van der Waals surface area (Å²) in [5, 5.41) is 19.3. The number of nitrogens with two attached hydrogens (primary N) is 1. The van der Waals surface area contributed by atoms with Crippen LogP contribution >= 0.6 is 0 Å². The maximum absolute atomic E-state index is 11.3. The normalized spacial score (nSPS) is 16.5. The summed E-state index contributed by atoms with van der Waals surface area (Å²) in [7, 11) is 1.39. The van der Waals surface area contributed by atoms with Crippen LogP contribution in [0.4, 0.5) is 0 Å². The standard InChI is InChI=1S/C8H16N2O5/c1-4(15-2)6(9)7(12)10-5(3-11)8(13)14/h4-6,11H,3,9H2,1-2H3,(H,10,12)(H,13,14)/t4-,5+,6+/m1/s1. The van der Waals surface area contributed by atoms with Gasteiger partial charge in [0.15, 0.2) is 0 Å². The molecule has 7 nitrogen and oxygen atoms in total. The molecular weight excluding hydrogens is 204 g/mol. The Morgan fingerprint density at radius 1 is 1.53 bits per heavy atom. The number of carbonyl (C=O) groups is 2. The zero-order chi connectivity index (χ0) is 12.0. The summed E-state index contributed by atoms with van der Waals surface area (Å²) in [6, 6.07) is -2.31. The van der Waals surface area contributed by atoms with Crippen molar-refractivity contribution in [3.05, 3.63) is 0 Å². The highest BCUT2D eigenvalue weighted by molar-refractivity contribution is 5.87. The van der Waals surface area contributed by atoms with Gasteiger partial charge in [0.05, 0.1) is 12.7 Å². The summed E-state index contributed by atoms with van der Waals surface area (Å²) in [6.07, 6.45) is -0.530. The van der Waals surface area contributed by atoms with E-state index in [9.17, 15) is 9.59 Å². The molecule has 1 amide bonds. The van der Waals surface area contributed by atoms with Crippen LogP contribution in [0.3, 0.4) is 0 Å². The van der Waals surface area contributed by atoms with Crippen molar-refractivity contribution in [2.75, 3.05) is 13.7 Å². The van der Waals surface area contributed by atoms with Crippen molar-refractivity contribution in [1.29, 1.82) is 0 Å². The lowest BCUT2D eigenvalue weighted by Gasteiger charge is -2.19. The molecule has 3 atom stereocenters. The lowest BCUT2D eigenvalue weighted by molar-refractivity contribution is -0.143. The fraction of sp³-hybridized carbons (Fsp3) is 0.750. The van der Waals surface area contributed by atoms with E-state index < -0.39 is 36.7 Å². The van der Waals surface area contributed by atoms with E-state index in [1.54, 1.807) is 6.92 Å². The van der Waals surface area contributed by atoms with Crippen LogP contribution in [0.25, 0.3) is 0 Å². The molecule has 0 aliphatic carbocycles. The number of rotatable bonds is 6. The molecule has 0 saturated carbocycles. The van der Waals surface area contributed by atoms with E-state index in [2.05, 4.69) is 5.32 Å². The van der Waals surface area contributed by atoms with E-state index in [-0.39, 0.29) is 0 Å². The van der Waals surface area contributed by atoms with E-state index in [1.807, 2.05) is 0 Å². The van der Waals surface area contributed by atoms with Crippen molar-refractivity contribution in [3.8, 4) is 0 Å². The second kappa shape index (κ2) is 6.33. The molecule has 0 aromatic heterocycles. The highest BCUT2D eigenvalue weighted by Gasteiger charge is 2.25. The molecule has 0 aromatic carbocycles. The number of amides is 1. The zero-order valence-electron chi connectivity index (χ0n) is 8.64. The smallest absolute Gasteiger partial charge is 0.328 e. The Balaban J connectivity index is 4.28. The van der Waals surface area contributed by atoms with Crippen molar-refractivity contribution in [2.45, 2.75) is 25.1 Å². The number of carboxylic acids is 1. The third-order valence-corrected chi connectivity index (χ3v) is 1.98. The molecule has 7 heteroatoms. The average Bonchev–Trinajstić information content (AvgIpc) is 2.22. The van der Waals surface area contributed by atoms with Crippen LogP contribution < -0.4 is 11.1 Å².